The Balaban J connectivity index is 1.64. The number of hydrogen-bond donors (Lipinski definition) is 1. The van der Waals surface area contributed by atoms with Crippen LogP contribution in [-0.2, 0) is 6.54 Å². The van der Waals surface area contributed by atoms with Gasteiger partial charge in [0.15, 0.2) is 0 Å². The van der Waals surface area contributed by atoms with E-state index in [1.165, 1.54) is 0 Å². The zero-order chi connectivity index (χ0) is 15.4. The van der Waals surface area contributed by atoms with Gasteiger partial charge in [0.05, 0.1) is 16.9 Å². The van der Waals surface area contributed by atoms with E-state index in [1.54, 1.807) is 36.8 Å². The lowest BCUT2D eigenvalue weighted by molar-refractivity contribution is 0.0951. The summed E-state index contributed by atoms with van der Waals surface area (Å²) in [5.41, 5.74) is 2.53. The summed E-state index contributed by atoms with van der Waals surface area (Å²) in [6.07, 6.45) is 5.36. The third kappa shape index (κ3) is 3.18. The third-order valence-corrected chi connectivity index (χ3v) is 3.64. The normalized spacial score (nSPS) is 10.4. The molecule has 1 N–H and O–H groups in total. The molecular weight excluding hydrogens is 298 g/mol. The first-order valence-electron chi connectivity index (χ1n) is 6.84. The molecule has 110 valence electrons. The van der Waals surface area contributed by atoms with E-state index in [4.69, 9.17) is 11.6 Å². The maximum absolute atomic E-state index is 12.1. The van der Waals surface area contributed by atoms with Gasteiger partial charge in [-0.25, -0.2) is 4.98 Å². The van der Waals surface area contributed by atoms with Gasteiger partial charge in [0.25, 0.3) is 5.91 Å². The van der Waals surface area contributed by atoms with E-state index >= 15 is 0 Å². The lowest BCUT2D eigenvalue weighted by Crippen LogP contribution is -2.23. The minimum absolute atomic E-state index is 0.177. The topological polar surface area (TPSA) is 46.9 Å². The quantitative estimate of drug-likeness (QED) is 0.802. The Labute approximate surface area is 133 Å². The van der Waals surface area contributed by atoms with Crippen LogP contribution >= 0.6 is 11.6 Å². The van der Waals surface area contributed by atoms with Crippen LogP contribution < -0.4 is 5.32 Å². The van der Waals surface area contributed by atoms with Crippen molar-refractivity contribution < 1.29 is 4.79 Å². The molecule has 4 nitrogen and oxygen atoms in total. The Bertz CT molecular complexity index is 767. The molecule has 0 aliphatic carbocycles. The average molecular weight is 312 g/mol. The highest BCUT2D eigenvalue weighted by Gasteiger charge is 2.08. The number of aromatic nitrogens is 2. The average Bonchev–Trinajstić information content (AvgIpc) is 3.08. The molecule has 0 bridgehead atoms. The second-order valence-electron chi connectivity index (χ2n) is 4.80. The highest BCUT2D eigenvalue weighted by molar-refractivity contribution is 6.33. The maximum atomic E-state index is 12.1. The first-order valence-corrected chi connectivity index (χ1v) is 7.22. The Hall–Kier alpha value is -2.59. The number of carbonyl (C=O) groups excluding carboxylic acids is 1. The van der Waals surface area contributed by atoms with Crippen LogP contribution in [0.4, 0.5) is 0 Å². The first kappa shape index (κ1) is 14.4. The molecule has 5 heteroatoms. The number of amides is 1. The molecule has 3 aromatic rings. The molecule has 22 heavy (non-hydrogen) atoms. The van der Waals surface area contributed by atoms with E-state index in [2.05, 4.69) is 10.3 Å². The van der Waals surface area contributed by atoms with E-state index in [0.717, 1.165) is 11.3 Å². The van der Waals surface area contributed by atoms with Crippen LogP contribution in [0.25, 0.3) is 5.69 Å². The summed E-state index contributed by atoms with van der Waals surface area (Å²) < 4.78 is 1.92. The van der Waals surface area contributed by atoms with E-state index < -0.39 is 0 Å². The first-order chi connectivity index (χ1) is 10.7. The summed E-state index contributed by atoms with van der Waals surface area (Å²) in [5.74, 6) is -0.177. The number of nitrogens with one attached hydrogen (secondary N) is 1. The smallest absolute Gasteiger partial charge is 0.253 e. The van der Waals surface area contributed by atoms with Gasteiger partial charge in [-0.2, -0.15) is 0 Å². The van der Waals surface area contributed by atoms with Gasteiger partial charge in [-0.05, 0) is 29.8 Å². The molecule has 1 aromatic heterocycles. The third-order valence-electron chi connectivity index (χ3n) is 3.31. The largest absolute Gasteiger partial charge is 0.348 e. The van der Waals surface area contributed by atoms with Gasteiger partial charge in [-0.3, -0.25) is 4.79 Å². The fourth-order valence-electron chi connectivity index (χ4n) is 2.12. The molecule has 0 fully saturated rings. The lowest BCUT2D eigenvalue weighted by atomic mass is 10.2. The molecule has 0 unspecified atom stereocenters. The second-order valence-corrected chi connectivity index (χ2v) is 5.21. The van der Waals surface area contributed by atoms with Gasteiger partial charge < -0.3 is 9.88 Å². The van der Waals surface area contributed by atoms with Crippen molar-refractivity contribution in [2.75, 3.05) is 0 Å². The molecule has 0 spiro atoms. The standard InChI is InChI=1S/C17H14ClN3O/c18-16-4-2-1-3-15(16)17(22)20-11-13-5-7-14(8-6-13)21-10-9-19-12-21/h1-10,12H,11H2,(H,20,22). The van der Waals surface area contributed by atoms with Crippen molar-refractivity contribution in [2.24, 2.45) is 0 Å². The minimum atomic E-state index is -0.177. The fourth-order valence-corrected chi connectivity index (χ4v) is 2.34. The molecular formula is C17H14ClN3O. The summed E-state index contributed by atoms with van der Waals surface area (Å²) in [5, 5.41) is 3.32. The molecule has 1 heterocycles. The summed E-state index contributed by atoms with van der Waals surface area (Å²) in [4.78, 5) is 16.1. The van der Waals surface area contributed by atoms with Crippen LogP contribution in [0, 0.1) is 0 Å². The van der Waals surface area contributed by atoms with Crippen molar-refractivity contribution in [1.29, 1.82) is 0 Å². The molecule has 2 aromatic carbocycles. The second kappa shape index (κ2) is 6.45. The molecule has 0 atom stereocenters. The number of carbonyl (C=O) groups is 1. The number of benzene rings is 2. The van der Waals surface area contributed by atoms with Gasteiger partial charge in [0, 0.05) is 24.6 Å². The van der Waals surface area contributed by atoms with Gasteiger partial charge in [-0.1, -0.05) is 35.9 Å². The van der Waals surface area contributed by atoms with E-state index in [-0.39, 0.29) is 5.91 Å². The minimum Gasteiger partial charge on any atom is -0.348 e. The Morgan fingerprint density at radius 3 is 2.59 bits per heavy atom. The van der Waals surface area contributed by atoms with Crippen molar-refractivity contribution in [3.8, 4) is 5.69 Å². The number of rotatable bonds is 4. The molecule has 0 aliphatic rings. The molecule has 3 rings (SSSR count). The van der Waals surface area contributed by atoms with Crippen molar-refractivity contribution in [3.63, 3.8) is 0 Å². The summed E-state index contributed by atoms with van der Waals surface area (Å²) in [6.45, 7) is 0.453. The van der Waals surface area contributed by atoms with E-state index in [1.807, 2.05) is 35.0 Å². The Morgan fingerprint density at radius 2 is 1.91 bits per heavy atom. The molecule has 0 saturated heterocycles. The molecule has 0 aliphatic heterocycles. The van der Waals surface area contributed by atoms with Gasteiger partial charge in [-0.15, -0.1) is 0 Å². The maximum Gasteiger partial charge on any atom is 0.253 e. The highest BCUT2D eigenvalue weighted by atomic mass is 35.5. The number of imidazole rings is 1. The summed E-state index contributed by atoms with van der Waals surface area (Å²) in [6, 6.07) is 14.9. The Kier molecular flexibility index (Phi) is 4.21. The number of halogens is 1. The zero-order valence-electron chi connectivity index (χ0n) is 11.7. The number of nitrogens with zero attached hydrogens (tertiary/aromatic N) is 2. The van der Waals surface area contributed by atoms with Crippen LogP contribution in [0.2, 0.25) is 5.02 Å². The zero-order valence-corrected chi connectivity index (χ0v) is 12.5. The van der Waals surface area contributed by atoms with Crippen molar-refractivity contribution in [3.05, 3.63) is 83.4 Å². The Morgan fingerprint density at radius 1 is 1.14 bits per heavy atom. The van der Waals surface area contributed by atoms with Crippen LogP contribution in [0.3, 0.4) is 0 Å². The summed E-state index contributed by atoms with van der Waals surface area (Å²) in [7, 11) is 0. The van der Waals surface area contributed by atoms with Gasteiger partial charge in [0.2, 0.25) is 0 Å². The predicted octanol–water partition coefficient (Wildman–Crippen LogP) is 3.46. The number of hydrogen-bond acceptors (Lipinski definition) is 2. The fraction of sp³-hybridized carbons (Fsp3) is 0.0588. The van der Waals surface area contributed by atoms with Crippen LogP contribution in [0.15, 0.2) is 67.3 Å². The highest BCUT2D eigenvalue weighted by Crippen LogP contribution is 2.15. The monoisotopic (exact) mass is 311 g/mol. The van der Waals surface area contributed by atoms with Crippen LogP contribution in [-0.4, -0.2) is 15.5 Å². The summed E-state index contributed by atoms with van der Waals surface area (Å²) >= 11 is 6.01. The van der Waals surface area contributed by atoms with Crippen LogP contribution in [0.5, 0.6) is 0 Å². The van der Waals surface area contributed by atoms with Crippen LogP contribution in [0.1, 0.15) is 15.9 Å². The molecule has 0 saturated carbocycles. The lowest BCUT2D eigenvalue weighted by Gasteiger charge is -2.08. The SMILES string of the molecule is O=C(NCc1ccc(-n2ccnc2)cc1)c1ccccc1Cl. The van der Waals surface area contributed by atoms with E-state index in [0.29, 0.717) is 17.1 Å². The van der Waals surface area contributed by atoms with Crippen molar-refractivity contribution in [2.45, 2.75) is 6.54 Å². The van der Waals surface area contributed by atoms with Crippen molar-refractivity contribution in [1.82, 2.24) is 14.9 Å². The van der Waals surface area contributed by atoms with Gasteiger partial charge in [0.1, 0.15) is 0 Å². The van der Waals surface area contributed by atoms with Crippen molar-refractivity contribution >= 4 is 17.5 Å². The van der Waals surface area contributed by atoms with Gasteiger partial charge >= 0.3 is 0 Å². The molecule has 1 amide bonds. The molecule has 0 radical (unpaired) electrons. The predicted molar refractivity (Wildman–Crippen MR) is 86.2 cm³/mol. The van der Waals surface area contributed by atoms with E-state index in [9.17, 15) is 4.79 Å².